The Morgan fingerprint density at radius 2 is 2.07 bits per heavy atom. The third-order valence-corrected chi connectivity index (χ3v) is 7.11. The molecular formula is C19H30N6OS2. The lowest BCUT2D eigenvalue weighted by Gasteiger charge is -2.33. The fourth-order valence-corrected chi connectivity index (χ4v) is 4.60. The number of carbonyl (C=O) groups excluding carboxylic acids is 1. The van der Waals surface area contributed by atoms with Crippen LogP contribution in [0.1, 0.15) is 30.3 Å². The maximum atomic E-state index is 12.3. The average molecular weight is 423 g/mol. The number of rotatable bonds is 8. The third-order valence-electron chi connectivity index (χ3n) is 4.89. The topological polar surface area (TPSA) is 64.6 Å². The van der Waals surface area contributed by atoms with E-state index < -0.39 is 0 Å². The molecule has 1 saturated heterocycles. The summed E-state index contributed by atoms with van der Waals surface area (Å²) in [6, 6.07) is 0. The van der Waals surface area contributed by atoms with Crippen molar-refractivity contribution in [3.63, 3.8) is 0 Å². The van der Waals surface area contributed by atoms with Gasteiger partial charge in [-0.1, -0.05) is 13.8 Å². The molecule has 0 unspecified atom stereocenters. The fourth-order valence-electron chi connectivity index (χ4n) is 2.95. The zero-order chi connectivity index (χ0) is 20.1. The molecule has 7 nitrogen and oxygen atoms in total. The second kappa shape index (κ2) is 9.78. The normalized spacial score (nSPS) is 15.9. The Kier molecular flexibility index (Phi) is 7.39. The molecule has 28 heavy (non-hydrogen) atoms. The van der Waals surface area contributed by atoms with E-state index in [1.807, 2.05) is 11.6 Å². The SMILES string of the molecule is CC(C)c1cnc(NC(=O)Cc2csc(N(C)CCN3CCN(C)CC3)n2)s1. The van der Waals surface area contributed by atoms with E-state index >= 15 is 0 Å². The molecule has 0 aliphatic carbocycles. The molecule has 1 fully saturated rings. The zero-order valence-electron chi connectivity index (χ0n) is 17.1. The Hall–Kier alpha value is -1.55. The summed E-state index contributed by atoms with van der Waals surface area (Å²) in [7, 11) is 4.25. The van der Waals surface area contributed by atoms with Gasteiger partial charge in [0.2, 0.25) is 5.91 Å². The highest BCUT2D eigenvalue weighted by Gasteiger charge is 2.16. The lowest BCUT2D eigenvalue weighted by molar-refractivity contribution is -0.115. The van der Waals surface area contributed by atoms with E-state index in [4.69, 9.17) is 0 Å². The van der Waals surface area contributed by atoms with E-state index in [0.29, 0.717) is 11.0 Å². The van der Waals surface area contributed by atoms with Crippen molar-refractivity contribution in [1.82, 2.24) is 19.8 Å². The number of hydrogen-bond donors (Lipinski definition) is 1. The Labute approximate surface area is 175 Å². The summed E-state index contributed by atoms with van der Waals surface area (Å²) in [5.74, 6) is 0.354. The van der Waals surface area contributed by atoms with Crippen LogP contribution in [0.5, 0.6) is 0 Å². The molecule has 0 aromatic carbocycles. The Morgan fingerprint density at radius 3 is 2.75 bits per heavy atom. The summed E-state index contributed by atoms with van der Waals surface area (Å²) in [6.45, 7) is 10.8. The molecule has 154 valence electrons. The second-order valence-corrected chi connectivity index (χ2v) is 9.53. The summed E-state index contributed by atoms with van der Waals surface area (Å²) in [6.07, 6.45) is 2.11. The number of nitrogens with zero attached hydrogens (tertiary/aromatic N) is 5. The number of anilines is 2. The van der Waals surface area contributed by atoms with Crippen LogP contribution in [0.15, 0.2) is 11.6 Å². The smallest absolute Gasteiger partial charge is 0.232 e. The van der Waals surface area contributed by atoms with Crippen molar-refractivity contribution in [3.8, 4) is 0 Å². The van der Waals surface area contributed by atoms with Gasteiger partial charge in [0.15, 0.2) is 10.3 Å². The van der Waals surface area contributed by atoms with Gasteiger partial charge in [0.25, 0.3) is 0 Å². The summed E-state index contributed by atoms with van der Waals surface area (Å²) < 4.78 is 0. The molecule has 9 heteroatoms. The first-order chi connectivity index (χ1) is 13.4. The van der Waals surface area contributed by atoms with Crippen LogP contribution < -0.4 is 10.2 Å². The minimum Gasteiger partial charge on any atom is -0.350 e. The number of carbonyl (C=O) groups is 1. The minimum absolute atomic E-state index is 0.0680. The Morgan fingerprint density at radius 1 is 1.32 bits per heavy atom. The molecule has 1 amide bonds. The second-order valence-electron chi connectivity index (χ2n) is 7.64. The lowest BCUT2D eigenvalue weighted by Crippen LogP contribution is -2.46. The predicted molar refractivity (Wildman–Crippen MR) is 118 cm³/mol. The van der Waals surface area contributed by atoms with Crippen molar-refractivity contribution >= 4 is 38.8 Å². The van der Waals surface area contributed by atoms with E-state index in [1.54, 1.807) is 11.3 Å². The summed E-state index contributed by atoms with van der Waals surface area (Å²) >= 11 is 3.13. The number of hydrogen-bond acceptors (Lipinski definition) is 8. The molecule has 0 radical (unpaired) electrons. The van der Waals surface area contributed by atoms with Gasteiger partial charge in [0.1, 0.15) is 0 Å². The zero-order valence-corrected chi connectivity index (χ0v) is 18.8. The number of likely N-dealkylation sites (N-methyl/N-ethyl adjacent to an activating group) is 2. The van der Waals surface area contributed by atoms with Gasteiger partial charge in [-0.3, -0.25) is 9.69 Å². The first-order valence-electron chi connectivity index (χ1n) is 9.72. The molecule has 0 bridgehead atoms. The maximum absolute atomic E-state index is 12.3. The number of thiazole rings is 2. The van der Waals surface area contributed by atoms with Gasteiger partial charge in [-0.25, -0.2) is 9.97 Å². The van der Waals surface area contributed by atoms with Crippen molar-refractivity contribution in [2.45, 2.75) is 26.2 Å². The van der Waals surface area contributed by atoms with E-state index in [9.17, 15) is 4.79 Å². The molecular weight excluding hydrogens is 392 g/mol. The van der Waals surface area contributed by atoms with E-state index in [1.165, 1.54) is 16.2 Å². The number of aromatic nitrogens is 2. The monoisotopic (exact) mass is 422 g/mol. The van der Waals surface area contributed by atoms with Crippen LogP contribution in [0.4, 0.5) is 10.3 Å². The van der Waals surface area contributed by atoms with Gasteiger partial charge in [-0.2, -0.15) is 0 Å². The number of nitrogens with one attached hydrogen (secondary N) is 1. The molecule has 0 spiro atoms. The standard InChI is InChI=1S/C19H30N6OS2/c1-14(2)16-12-20-18(28-16)22-17(26)11-15-13-27-19(21-15)24(4)7-10-25-8-5-23(3)6-9-25/h12-14H,5-11H2,1-4H3,(H,20,22,26). The number of amides is 1. The predicted octanol–water partition coefficient (Wildman–Crippen LogP) is 2.59. The van der Waals surface area contributed by atoms with Crippen LogP contribution in [0, 0.1) is 0 Å². The van der Waals surface area contributed by atoms with Gasteiger partial charge < -0.3 is 15.1 Å². The van der Waals surface area contributed by atoms with E-state index in [2.05, 4.69) is 57.9 Å². The molecule has 3 rings (SSSR count). The van der Waals surface area contributed by atoms with Gasteiger partial charge in [-0.15, -0.1) is 22.7 Å². The third kappa shape index (κ3) is 5.97. The van der Waals surface area contributed by atoms with Crippen LogP contribution in [0.3, 0.4) is 0 Å². The number of piperazine rings is 1. The van der Waals surface area contributed by atoms with Crippen molar-refractivity contribution in [3.05, 3.63) is 22.1 Å². The quantitative estimate of drug-likeness (QED) is 0.705. The van der Waals surface area contributed by atoms with Crippen molar-refractivity contribution in [2.24, 2.45) is 0 Å². The highest BCUT2D eigenvalue weighted by atomic mass is 32.1. The van der Waals surface area contributed by atoms with Gasteiger partial charge in [-0.05, 0) is 13.0 Å². The van der Waals surface area contributed by atoms with Crippen molar-refractivity contribution < 1.29 is 4.79 Å². The van der Waals surface area contributed by atoms with Crippen LogP contribution in [-0.4, -0.2) is 79.0 Å². The average Bonchev–Trinajstić information content (AvgIpc) is 3.31. The van der Waals surface area contributed by atoms with E-state index in [-0.39, 0.29) is 12.3 Å². The highest BCUT2D eigenvalue weighted by Crippen LogP contribution is 2.25. The molecule has 1 N–H and O–H groups in total. The summed E-state index contributed by atoms with van der Waals surface area (Å²) in [4.78, 5) is 29.4. The van der Waals surface area contributed by atoms with Crippen LogP contribution >= 0.6 is 22.7 Å². The molecule has 2 aromatic heterocycles. The van der Waals surface area contributed by atoms with Crippen LogP contribution in [0.25, 0.3) is 0 Å². The fraction of sp³-hybridized carbons (Fsp3) is 0.632. The first-order valence-corrected chi connectivity index (χ1v) is 11.4. The van der Waals surface area contributed by atoms with Crippen LogP contribution in [0.2, 0.25) is 0 Å². The van der Waals surface area contributed by atoms with Gasteiger partial charge in [0.05, 0.1) is 12.1 Å². The summed E-state index contributed by atoms with van der Waals surface area (Å²) in [5.41, 5.74) is 0.810. The Balaban J connectivity index is 1.45. The Bertz CT molecular complexity index is 766. The van der Waals surface area contributed by atoms with Crippen LogP contribution in [-0.2, 0) is 11.2 Å². The molecule has 3 heterocycles. The molecule has 2 aromatic rings. The summed E-state index contributed by atoms with van der Waals surface area (Å²) in [5, 5.41) is 6.49. The van der Waals surface area contributed by atoms with Crippen molar-refractivity contribution in [2.75, 3.05) is 63.6 Å². The highest BCUT2D eigenvalue weighted by molar-refractivity contribution is 7.15. The van der Waals surface area contributed by atoms with Gasteiger partial charge >= 0.3 is 0 Å². The van der Waals surface area contributed by atoms with E-state index in [0.717, 1.165) is 50.1 Å². The lowest BCUT2D eigenvalue weighted by atomic mass is 10.2. The maximum Gasteiger partial charge on any atom is 0.232 e. The molecule has 1 aliphatic rings. The first kappa shape index (κ1) is 21.2. The molecule has 0 saturated carbocycles. The van der Waals surface area contributed by atoms with Crippen molar-refractivity contribution in [1.29, 1.82) is 0 Å². The molecule has 0 atom stereocenters. The minimum atomic E-state index is -0.0680. The molecule has 1 aliphatic heterocycles. The largest absolute Gasteiger partial charge is 0.350 e. The van der Waals surface area contributed by atoms with Gasteiger partial charge in [0, 0.05) is 62.8 Å².